The molecule has 2 rings (SSSR count). The van der Waals surface area contributed by atoms with Gasteiger partial charge < -0.3 is 5.32 Å². The maximum atomic E-state index is 12.0. The fraction of sp³-hybridized carbons (Fsp3) is 0.235. The van der Waals surface area contributed by atoms with Crippen LogP contribution >= 0.6 is 23.2 Å². The first kappa shape index (κ1) is 18.1. The Hall–Kier alpha value is -2.29. The molecule has 1 aromatic carbocycles. The molecule has 124 valence electrons. The van der Waals surface area contributed by atoms with Crippen LogP contribution in [-0.2, 0) is 4.79 Å². The third-order valence-electron chi connectivity index (χ3n) is 3.17. The van der Waals surface area contributed by atoms with E-state index in [-0.39, 0.29) is 11.6 Å². The van der Waals surface area contributed by atoms with Gasteiger partial charge in [-0.2, -0.15) is 10.4 Å². The Morgan fingerprint density at radius 1 is 1.42 bits per heavy atom. The summed E-state index contributed by atoms with van der Waals surface area (Å²) in [6.07, 6.45) is 1.45. The van der Waals surface area contributed by atoms with E-state index in [0.29, 0.717) is 27.1 Å². The van der Waals surface area contributed by atoms with Gasteiger partial charge in [-0.3, -0.25) is 4.79 Å². The summed E-state index contributed by atoms with van der Waals surface area (Å²) in [4.78, 5) is 12.0. The van der Waals surface area contributed by atoms with Crippen LogP contribution in [0.25, 0.3) is 11.8 Å². The molecule has 0 atom stereocenters. The van der Waals surface area contributed by atoms with Crippen molar-refractivity contribution in [1.29, 1.82) is 5.26 Å². The monoisotopic (exact) mass is 362 g/mol. The van der Waals surface area contributed by atoms with Crippen molar-refractivity contribution in [2.24, 2.45) is 0 Å². The molecule has 0 saturated carbocycles. The number of nitrogens with one attached hydrogen (secondary N) is 1. The molecule has 0 unspecified atom stereocenters. The lowest BCUT2D eigenvalue weighted by atomic mass is 10.1. The van der Waals surface area contributed by atoms with Crippen LogP contribution in [0, 0.1) is 18.3 Å². The van der Waals surface area contributed by atoms with E-state index in [4.69, 9.17) is 23.2 Å². The van der Waals surface area contributed by atoms with Crippen LogP contribution in [0.5, 0.6) is 0 Å². The first-order chi connectivity index (χ1) is 11.3. The molecule has 1 aromatic heterocycles. The fourth-order valence-corrected chi connectivity index (χ4v) is 2.60. The van der Waals surface area contributed by atoms with E-state index >= 15 is 0 Å². The van der Waals surface area contributed by atoms with Gasteiger partial charge in [0.15, 0.2) is 0 Å². The second-order valence-electron chi connectivity index (χ2n) is 5.48. The highest BCUT2D eigenvalue weighted by molar-refractivity contribution is 6.32. The number of aromatic nitrogens is 2. The summed E-state index contributed by atoms with van der Waals surface area (Å²) >= 11 is 12.4. The van der Waals surface area contributed by atoms with Gasteiger partial charge >= 0.3 is 0 Å². The van der Waals surface area contributed by atoms with Crippen LogP contribution in [0.1, 0.15) is 25.1 Å². The second-order valence-corrected chi connectivity index (χ2v) is 6.27. The number of hydrogen-bond acceptors (Lipinski definition) is 3. The Labute approximate surface area is 150 Å². The molecule has 7 heteroatoms. The number of aryl methyl sites for hydroxylation is 1. The van der Waals surface area contributed by atoms with Crippen LogP contribution in [0.2, 0.25) is 10.2 Å². The van der Waals surface area contributed by atoms with E-state index in [1.54, 1.807) is 25.1 Å². The van der Waals surface area contributed by atoms with Gasteiger partial charge in [0.25, 0.3) is 5.91 Å². The summed E-state index contributed by atoms with van der Waals surface area (Å²) in [5.41, 5.74) is 1.79. The van der Waals surface area contributed by atoms with Gasteiger partial charge in [-0.05, 0) is 45.0 Å². The highest BCUT2D eigenvalue weighted by atomic mass is 35.5. The van der Waals surface area contributed by atoms with Crippen molar-refractivity contribution in [3.05, 3.63) is 51.3 Å². The van der Waals surface area contributed by atoms with Crippen LogP contribution in [0.15, 0.2) is 29.8 Å². The van der Waals surface area contributed by atoms with Crippen molar-refractivity contribution in [3.8, 4) is 11.8 Å². The van der Waals surface area contributed by atoms with Gasteiger partial charge in [0, 0.05) is 16.6 Å². The summed E-state index contributed by atoms with van der Waals surface area (Å²) in [6, 6.07) is 8.91. The zero-order chi connectivity index (χ0) is 17.9. The zero-order valence-corrected chi connectivity index (χ0v) is 15.0. The molecule has 0 aliphatic rings. The molecule has 0 bridgehead atoms. The zero-order valence-electron chi connectivity index (χ0n) is 13.5. The minimum absolute atomic E-state index is 0.0284. The lowest BCUT2D eigenvalue weighted by Crippen LogP contribution is -2.30. The molecule has 0 saturated heterocycles. The third kappa shape index (κ3) is 3.97. The number of benzene rings is 1. The molecule has 1 amide bonds. The Kier molecular flexibility index (Phi) is 5.66. The molecule has 0 fully saturated rings. The summed E-state index contributed by atoms with van der Waals surface area (Å²) in [5, 5.41) is 17.2. The average molecular weight is 363 g/mol. The van der Waals surface area contributed by atoms with Crippen molar-refractivity contribution in [2.75, 3.05) is 0 Å². The third-order valence-corrected chi connectivity index (χ3v) is 3.77. The van der Waals surface area contributed by atoms with Crippen LogP contribution < -0.4 is 5.32 Å². The topological polar surface area (TPSA) is 70.7 Å². The number of hydrogen-bond donors (Lipinski definition) is 1. The van der Waals surface area contributed by atoms with Crippen LogP contribution in [-0.4, -0.2) is 21.7 Å². The Morgan fingerprint density at radius 3 is 2.71 bits per heavy atom. The number of halogens is 2. The molecule has 0 aliphatic carbocycles. The SMILES string of the molecule is Cc1nn(-c2cccc(Cl)c2)c(Cl)c1C=C(C#N)C(=O)NC(C)C. The van der Waals surface area contributed by atoms with E-state index < -0.39 is 5.91 Å². The highest BCUT2D eigenvalue weighted by Gasteiger charge is 2.17. The Morgan fingerprint density at radius 2 is 2.12 bits per heavy atom. The first-order valence-corrected chi connectivity index (χ1v) is 8.02. The van der Waals surface area contributed by atoms with Crippen LogP contribution in [0.3, 0.4) is 0 Å². The number of carbonyl (C=O) groups excluding carboxylic acids is 1. The minimum atomic E-state index is -0.446. The van der Waals surface area contributed by atoms with Crippen molar-refractivity contribution in [3.63, 3.8) is 0 Å². The largest absolute Gasteiger partial charge is 0.349 e. The second kappa shape index (κ2) is 7.52. The summed E-state index contributed by atoms with van der Waals surface area (Å²) < 4.78 is 1.52. The number of amides is 1. The first-order valence-electron chi connectivity index (χ1n) is 7.27. The smallest absolute Gasteiger partial charge is 0.262 e. The van der Waals surface area contributed by atoms with Crippen molar-refractivity contribution >= 4 is 35.2 Å². The van der Waals surface area contributed by atoms with Gasteiger partial charge in [-0.1, -0.05) is 29.3 Å². The summed E-state index contributed by atoms with van der Waals surface area (Å²) in [5.74, 6) is -0.446. The predicted octanol–water partition coefficient (Wildman–Crippen LogP) is 3.92. The van der Waals surface area contributed by atoms with Crippen molar-refractivity contribution in [2.45, 2.75) is 26.8 Å². The fourth-order valence-electron chi connectivity index (χ4n) is 2.09. The maximum absolute atomic E-state index is 12.0. The van der Waals surface area contributed by atoms with Gasteiger partial charge in [0.05, 0.1) is 11.4 Å². The summed E-state index contributed by atoms with van der Waals surface area (Å²) in [6.45, 7) is 5.40. The van der Waals surface area contributed by atoms with Gasteiger partial charge in [0.2, 0.25) is 0 Å². The molecule has 5 nitrogen and oxygen atoms in total. The van der Waals surface area contributed by atoms with E-state index in [2.05, 4.69) is 10.4 Å². The molecule has 0 spiro atoms. The number of carbonyl (C=O) groups is 1. The highest BCUT2D eigenvalue weighted by Crippen LogP contribution is 2.26. The number of nitriles is 1. The molecular weight excluding hydrogens is 347 g/mol. The Bertz CT molecular complexity index is 847. The number of nitrogens with zero attached hydrogens (tertiary/aromatic N) is 3. The molecule has 0 aliphatic heterocycles. The molecular formula is C17H16Cl2N4O. The lowest BCUT2D eigenvalue weighted by Gasteiger charge is -2.07. The Balaban J connectivity index is 2.47. The molecule has 2 aromatic rings. The van der Waals surface area contributed by atoms with Crippen molar-refractivity contribution < 1.29 is 4.79 Å². The molecule has 1 N–H and O–H groups in total. The van der Waals surface area contributed by atoms with Crippen molar-refractivity contribution in [1.82, 2.24) is 15.1 Å². The molecule has 1 heterocycles. The maximum Gasteiger partial charge on any atom is 0.262 e. The quantitative estimate of drug-likeness (QED) is 0.661. The standard InChI is InChI=1S/C17H16Cl2N4O/c1-10(2)21-17(24)12(9-20)7-15-11(3)22-23(16(15)19)14-6-4-5-13(18)8-14/h4-8,10H,1-3H3,(H,21,24). The van der Waals surface area contributed by atoms with Gasteiger partial charge in [-0.15, -0.1) is 0 Å². The lowest BCUT2D eigenvalue weighted by molar-refractivity contribution is -0.117. The van der Waals surface area contributed by atoms with E-state index in [0.717, 1.165) is 0 Å². The van der Waals surface area contributed by atoms with E-state index in [9.17, 15) is 10.1 Å². The average Bonchev–Trinajstić information content (AvgIpc) is 2.79. The number of rotatable bonds is 4. The van der Waals surface area contributed by atoms with Gasteiger partial charge in [0.1, 0.15) is 16.8 Å². The van der Waals surface area contributed by atoms with Gasteiger partial charge in [-0.25, -0.2) is 4.68 Å². The molecule has 0 radical (unpaired) electrons. The summed E-state index contributed by atoms with van der Waals surface area (Å²) in [7, 11) is 0. The van der Waals surface area contributed by atoms with Crippen LogP contribution in [0.4, 0.5) is 0 Å². The van der Waals surface area contributed by atoms with E-state index in [1.807, 2.05) is 26.0 Å². The molecule has 24 heavy (non-hydrogen) atoms. The van der Waals surface area contributed by atoms with E-state index in [1.165, 1.54) is 10.8 Å². The predicted molar refractivity (Wildman–Crippen MR) is 95.2 cm³/mol. The minimum Gasteiger partial charge on any atom is -0.349 e. The normalized spacial score (nSPS) is 11.5.